The standard InChI is InChI=1S/C17H32O3Si/c1-8-14-13(10-18)15-9-12(2)17(14,20-15)11-19-21(6,7)16(3,4)5/h8,12-15,18H,1,9-11H2,2-7H3/t12-,13+,14-,15-,17+/m0/s1. The van der Waals surface area contributed by atoms with E-state index in [1.54, 1.807) is 0 Å². The lowest BCUT2D eigenvalue weighted by Crippen LogP contribution is -2.51. The van der Waals surface area contributed by atoms with E-state index in [-0.39, 0.29) is 35.2 Å². The predicted molar refractivity (Wildman–Crippen MR) is 88.8 cm³/mol. The number of hydrogen-bond acceptors (Lipinski definition) is 3. The van der Waals surface area contributed by atoms with Gasteiger partial charge in [-0.2, -0.15) is 0 Å². The molecule has 2 heterocycles. The topological polar surface area (TPSA) is 38.7 Å². The van der Waals surface area contributed by atoms with Gasteiger partial charge in [0.15, 0.2) is 8.32 Å². The number of ether oxygens (including phenoxy) is 1. The van der Waals surface area contributed by atoms with E-state index in [2.05, 4.69) is 47.4 Å². The normalized spacial score (nSPS) is 39.8. The molecule has 4 heteroatoms. The smallest absolute Gasteiger partial charge is 0.192 e. The summed E-state index contributed by atoms with van der Waals surface area (Å²) < 4.78 is 12.8. The van der Waals surface area contributed by atoms with E-state index in [1.807, 2.05) is 6.08 Å². The number of aliphatic hydroxyl groups excluding tert-OH is 1. The zero-order chi connectivity index (χ0) is 16.1. The summed E-state index contributed by atoms with van der Waals surface area (Å²) in [6.07, 6.45) is 3.16. The molecular formula is C17H32O3Si. The summed E-state index contributed by atoms with van der Waals surface area (Å²) in [6, 6.07) is 0. The van der Waals surface area contributed by atoms with Gasteiger partial charge in [0.25, 0.3) is 0 Å². The molecule has 122 valence electrons. The van der Waals surface area contributed by atoms with Crippen molar-refractivity contribution in [1.82, 2.24) is 0 Å². The number of hydrogen-bond donors (Lipinski definition) is 1. The Hall–Kier alpha value is -0.163. The molecule has 0 aliphatic carbocycles. The molecule has 0 spiro atoms. The van der Waals surface area contributed by atoms with E-state index in [4.69, 9.17) is 9.16 Å². The number of aliphatic hydroxyl groups is 1. The van der Waals surface area contributed by atoms with Crippen LogP contribution < -0.4 is 0 Å². The van der Waals surface area contributed by atoms with Crippen molar-refractivity contribution in [3.8, 4) is 0 Å². The van der Waals surface area contributed by atoms with Crippen LogP contribution in [0.15, 0.2) is 12.7 Å². The third kappa shape index (κ3) is 2.65. The zero-order valence-corrected chi connectivity index (χ0v) is 15.5. The Kier molecular flexibility index (Phi) is 4.49. The second-order valence-electron chi connectivity index (χ2n) is 8.40. The molecule has 0 aromatic heterocycles. The Balaban J connectivity index is 2.19. The Bertz CT molecular complexity index is 401. The monoisotopic (exact) mass is 312 g/mol. The van der Waals surface area contributed by atoms with Gasteiger partial charge in [0, 0.05) is 18.4 Å². The van der Waals surface area contributed by atoms with Crippen LogP contribution in [0.3, 0.4) is 0 Å². The van der Waals surface area contributed by atoms with Gasteiger partial charge in [-0.1, -0.05) is 33.8 Å². The maximum atomic E-state index is 9.69. The molecule has 2 saturated heterocycles. The third-order valence-electron chi connectivity index (χ3n) is 6.22. The quantitative estimate of drug-likeness (QED) is 0.623. The first-order chi connectivity index (χ1) is 9.59. The van der Waals surface area contributed by atoms with Crippen molar-refractivity contribution in [3.05, 3.63) is 12.7 Å². The van der Waals surface area contributed by atoms with Crippen molar-refractivity contribution < 1.29 is 14.3 Å². The largest absolute Gasteiger partial charge is 0.414 e. The lowest BCUT2D eigenvalue weighted by Gasteiger charge is -2.43. The average Bonchev–Trinajstić information content (AvgIpc) is 2.85. The number of fused-ring (bicyclic) bond motifs is 2. The van der Waals surface area contributed by atoms with Crippen LogP contribution in [0.25, 0.3) is 0 Å². The Morgan fingerprint density at radius 2 is 2.05 bits per heavy atom. The van der Waals surface area contributed by atoms with Crippen molar-refractivity contribution in [2.75, 3.05) is 13.2 Å². The van der Waals surface area contributed by atoms with Gasteiger partial charge in [0.1, 0.15) is 0 Å². The number of rotatable bonds is 5. The molecule has 0 aromatic carbocycles. The van der Waals surface area contributed by atoms with Crippen LogP contribution in [0, 0.1) is 17.8 Å². The van der Waals surface area contributed by atoms with Crippen molar-refractivity contribution in [2.45, 2.75) is 64.0 Å². The van der Waals surface area contributed by atoms with Crippen molar-refractivity contribution in [1.29, 1.82) is 0 Å². The van der Waals surface area contributed by atoms with Crippen molar-refractivity contribution in [2.24, 2.45) is 17.8 Å². The van der Waals surface area contributed by atoms with Gasteiger partial charge in [0.05, 0.1) is 18.3 Å². The van der Waals surface area contributed by atoms with Crippen LogP contribution in [-0.4, -0.2) is 38.3 Å². The van der Waals surface area contributed by atoms with Gasteiger partial charge in [-0.05, 0) is 30.5 Å². The highest BCUT2D eigenvalue weighted by molar-refractivity contribution is 6.74. The first-order valence-electron chi connectivity index (χ1n) is 8.14. The Morgan fingerprint density at radius 3 is 2.52 bits per heavy atom. The zero-order valence-electron chi connectivity index (χ0n) is 14.5. The fraction of sp³-hybridized carbons (Fsp3) is 0.882. The minimum Gasteiger partial charge on any atom is -0.414 e. The van der Waals surface area contributed by atoms with Crippen LogP contribution in [0.2, 0.25) is 18.1 Å². The minimum atomic E-state index is -1.80. The Labute approximate surface area is 130 Å². The van der Waals surface area contributed by atoms with Gasteiger partial charge in [-0.25, -0.2) is 0 Å². The van der Waals surface area contributed by atoms with E-state index < -0.39 is 8.32 Å². The van der Waals surface area contributed by atoms with Gasteiger partial charge < -0.3 is 14.3 Å². The molecule has 2 fully saturated rings. The third-order valence-corrected chi connectivity index (χ3v) is 10.7. The molecule has 5 atom stereocenters. The molecule has 0 aromatic rings. The summed E-state index contributed by atoms with van der Waals surface area (Å²) in [5.41, 5.74) is -0.282. The van der Waals surface area contributed by atoms with Gasteiger partial charge in [-0.15, -0.1) is 6.58 Å². The molecule has 0 radical (unpaired) electrons. The maximum absolute atomic E-state index is 9.69. The minimum absolute atomic E-state index is 0.163. The van der Waals surface area contributed by atoms with Crippen LogP contribution in [0.5, 0.6) is 0 Å². The molecule has 2 rings (SSSR count). The summed E-state index contributed by atoms with van der Waals surface area (Å²) in [4.78, 5) is 0. The van der Waals surface area contributed by atoms with E-state index in [9.17, 15) is 5.11 Å². The molecule has 1 N–H and O–H groups in total. The van der Waals surface area contributed by atoms with Crippen LogP contribution >= 0.6 is 0 Å². The second kappa shape index (κ2) is 5.48. The fourth-order valence-corrected chi connectivity index (χ4v) is 4.66. The highest BCUT2D eigenvalue weighted by Gasteiger charge is 2.62. The van der Waals surface area contributed by atoms with E-state index in [0.29, 0.717) is 12.5 Å². The second-order valence-corrected chi connectivity index (χ2v) is 13.2. The lowest BCUT2D eigenvalue weighted by atomic mass is 9.67. The molecule has 21 heavy (non-hydrogen) atoms. The van der Waals surface area contributed by atoms with Crippen molar-refractivity contribution in [3.63, 3.8) is 0 Å². The average molecular weight is 313 g/mol. The molecule has 2 bridgehead atoms. The van der Waals surface area contributed by atoms with E-state index >= 15 is 0 Å². The summed E-state index contributed by atoms with van der Waals surface area (Å²) in [7, 11) is -1.80. The summed E-state index contributed by atoms with van der Waals surface area (Å²) in [5, 5.41) is 9.89. The van der Waals surface area contributed by atoms with Gasteiger partial charge in [0.2, 0.25) is 0 Å². The fourth-order valence-electron chi connectivity index (χ4n) is 3.64. The molecule has 3 nitrogen and oxygen atoms in total. The van der Waals surface area contributed by atoms with Crippen molar-refractivity contribution >= 4 is 8.32 Å². The highest BCUT2D eigenvalue weighted by Crippen LogP contribution is 2.55. The Morgan fingerprint density at radius 1 is 1.43 bits per heavy atom. The maximum Gasteiger partial charge on any atom is 0.192 e. The summed E-state index contributed by atoms with van der Waals surface area (Å²) >= 11 is 0. The SMILES string of the molecule is C=C[C@H]1[C@@H](CO)[C@@H]2C[C@H](C)[C@@]1(CO[Si](C)(C)C(C)(C)C)O2. The molecule has 2 aliphatic rings. The first-order valence-corrected chi connectivity index (χ1v) is 11.0. The highest BCUT2D eigenvalue weighted by atomic mass is 28.4. The molecule has 2 aliphatic heterocycles. The van der Waals surface area contributed by atoms with Crippen LogP contribution in [0.4, 0.5) is 0 Å². The van der Waals surface area contributed by atoms with E-state index in [0.717, 1.165) is 6.42 Å². The lowest BCUT2D eigenvalue weighted by molar-refractivity contribution is -0.0564. The first kappa shape index (κ1) is 17.2. The van der Waals surface area contributed by atoms with E-state index in [1.165, 1.54) is 0 Å². The van der Waals surface area contributed by atoms with Gasteiger partial charge in [-0.3, -0.25) is 0 Å². The molecular weight excluding hydrogens is 280 g/mol. The molecule has 0 unspecified atom stereocenters. The molecule has 0 amide bonds. The van der Waals surface area contributed by atoms with Crippen LogP contribution in [-0.2, 0) is 9.16 Å². The van der Waals surface area contributed by atoms with Crippen LogP contribution in [0.1, 0.15) is 34.1 Å². The molecule has 0 saturated carbocycles. The van der Waals surface area contributed by atoms with Gasteiger partial charge >= 0.3 is 0 Å². The predicted octanol–water partition coefficient (Wildman–Crippen LogP) is 3.60. The summed E-state index contributed by atoms with van der Waals surface area (Å²) in [5.74, 6) is 0.834. The summed E-state index contributed by atoms with van der Waals surface area (Å²) in [6.45, 7) is 18.4.